The predicted molar refractivity (Wildman–Crippen MR) is 77.2 cm³/mol. The van der Waals surface area contributed by atoms with Gasteiger partial charge in [-0.15, -0.1) is 0 Å². The summed E-state index contributed by atoms with van der Waals surface area (Å²) in [5.74, 6) is 0.266. The fraction of sp³-hybridized carbons (Fsp3) is 0.429. The Balaban J connectivity index is 2.45. The van der Waals surface area contributed by atoms with Crippen LogP contribution >= 0.6 is 11.6 Å². The molecule has 0 aromatic heterocycles. The van der Waals surface area contributed by atoms with Crippen LogP contribution in [-0.4, -0.2) is 31.0 Å². The highest BCUT2D eigenvalue weighted by Gasteiger charge is 2.37. The Bertz CT molecular complexity index is 557. The summed E-state index contributed by atoms with van der Waals surface area (Å²) in [5.41, 5.74) is -0.402. The van der Waals surface area contributed by atoms with Crippen LogP contribution in [-0.2, 0) is 9.59 Å². The zero-order chi connectivity index (χ0) is 14.9. The third kappa shape index (κ3) is 2.72. The maximum Gasteiger partial charge on any atom is 0.252 e. The number of hydrogen-bond acceptors (Lipinski definition) is 3. The van der Waals surface area contributed by atoms with Crippen LogP contribution in [0.4, 0.5) is 5.69 Å². The fourth-order valence-corrected chi connectivity index (χ4v) is 2.39. The molecule has 0 aliphatic carbocycles. The van der Waals surface area contributed by atoms with Crippen molar-refractivity contribution >= 4 is 29.1 Å². The molecule has 2 rings (SSSR count). The van der Waals surface area contributed by atoms with Gasteiger partial charge in [-0.1, -0.05) is 11.6 Å². The standard InChI is InChI=1S/C14H17ClN2O3/c1-14(2)13(19)17(7-6-12(18)16-14)11-8-9(20-3)4-5-10(11)15/h4-5,8H,6-7H2,1-3H3,(H,16,18). The molecule has 1 aliphatic rings. The van der Waals surface area contributed by atoms with Gasteiger partial charge in [-0.05, 0) is 26.0 Å². The summed E-state index contributed by atoms with van der Waals surface area (Å²) in [6.07, 6.45) is 0.239. The Morgan fingerprint density at radius 2 is 2.05 bits per heavy atom. The topological polar surface area (TPSA) is 58.6 Å². The van der Waals surface area contributed by atoms with Crippen molar-refractivity contribution in [2.75, 3.05) is 18.6 Å². The molecule has 0 atom stereocenters. The minimum absolute atomic E-state index is 0.148. The first-order chi connectivity index (χ1) is 9.35. The van der Waals surface area contributed by atoms with Crippen LogP contribution in [0.25, 0.3) is 0 Å². The van der Waals surface area contributed by atoms with Gasteiger partial charge >= 0.3 is 0 Å². The third-order valence-corrected chi connectivity index (χ3v) is 3.56. The molecule has 108 valence electrons. The Labute approximate surface area is 122 Å². The summed E-state index contributed by atoms with van der Waals surface area (Å²) in [7, 11) is 1.55. The second-order valence-corrected chi connectivity index (χ2v) is 5.60. The van der Waals surface area contributed by atoms with Crippen molar-refractivity contribution in [3.8, 4) is 5.75 Å². The first kappa shape index (κ1) is 14.7. The number of benzene rings is 1. The molecule has 1 N–H and O–H groups in total. The van der Waals surface area contributed by atoms with Crippen molar-refractivity contribution in [1.29, 1.82) is 0 Å². The summed E-state index contributed by atoms with van der Waals surface area (Å²) >= 11 is 6.18. The van der Waals surface area contributed by atoms with Gasteiger partial charge in [0.2, 0.25) is 5.91 Å². The minimum atomic E-state index is -0.958. The molecule has 0 saturated carbocycles. The lowest BCUT2D eigenvalue weighted by Crippen LogP contribution is -2.53. The predicted octanol–water partition coefficient (Wildman–Crippen LogP) is 1.98. The first-order valence-corrected chi connectivity index (χ1v) is 6.69. The molecule has 1 aromatic rings. The van der Waals surface area contributed by atoms with Crippen molar-refractivity contribution < 1.29 is 14.3 Å². The zero-order valence-corrected chi connectivity index (χ0v) is 12.5. The van der Waals surface area contributed by atoms with Gasteiger partial charge in [0, 0.05) is 19.0 Å². The maximum absolute atomic E-state index is 12.6. The lowest BCUT2D eigenvalue weighted by molar-refractivity contribution is -0.128. The summed E-state index contributed by atoms with van der Waals surface area (Å²) in [5, 5.41) is 3.16. The number of ether oxygens (including phenoxy) is 1. The molecule has 1 aromatic carbocycles. The largest absolute Gasteiger partial charge is 0.497 e. The van der Waals surface area contributed by atoms with Gasteiger partial charge in [0.25, 0.3) is 5.91 Å². The van der Waals surface area contributed by atoms with E-state index in [-0.39, 0.29) is 18.2 Å². The van der Waals surface area contributed by atoms with E-state index >= 15 is 0 Å². The number of carbonyl (C=O) groups is 2. The van der Waals surface area contributed by atoms with Gasteiger partial charge in [0.1, 0.15) is 11.3 Å². The van der Waals surface area contributed by atoms with E-state index in [1.807, 2.05) is 0 Å². The van der Waals surface area contributed by atoms with Crippen LogP contribution in [0.5, 0.6) is 5.75 Å². The van der Waals surface area contributed by atoms with E-state index in [1.165, 1.54) is 4.90 Å². The summed E-state index contributed by atoms with van der Waals surface area (Å²) in [6.45, 7) is 3.65. The third-order valence-electron chi connectivity index (χ3n) is 3.24. The molecule has 0 unspecified atom stereocenters. The average molecular weight is 297 g/mol. The maximum atomic E-state index is 12.6. The van der Waals surface area contributed by atoms with E-state index in [2.05, 4.69) is 5.32 Å². The summed E-state index contributed by atoms with van der Waals surface area (Å²) < 4.78 is 5.16. The number of hydrogen-bond donors (Lipinski definition) is 1. The lowest BCUT2D eigenvalue weighted by atomic mass is 10.0. The number of anilines is 1. The second kappa shape index (κ2) is 5.32. The van der Waals surface area contributed by atoms with E-state index in [4.69, 9.17) is 16.3 Å². The molecule has 5 nitrogen and oxygen atoms in total. The molecule has 1 aliphatic heterocycles. The van der Waals surface area contributed by atoms with Gasteiger partial charge in [0.05, 0.1) is 17.8 Å². The second-order valence-electron chi connectivity index (χ2n) is 5.20. The van der Waals surface area contributed by atoms with Crippen LogP contribution in [0.3, 0.4) is 0 Å². The Morgan fingerprint density at radius 1 is 1.35 bits per heavy atom. The molecule has 0 spiro atoms. The smallest absolute Gasteiger partial charge is 0.252 e. The van der Waals surface area contributed by atoms with Crippen molar-refractivity contribution in [3.63, 3.8) is 0 Å². The van der Waals surface area contributed by atoms with Crippen LogP contribution in [0, 0.1) is 0 Å². The van der Waals surface area contributed by atoms with Gasteiger partial charge in [-0.2, -0.15) is 0 Å². The lowest BCUT2D eigenvalue weighted by Gasteiger charge is -2.29. The number of nitrogens with zero attached hydrogens (tertiary/aromatic N) is 1. The van der Waals surface area contributed by atoms with Crippen LogP contribution in [0.1, 0.15) is 20.3 Å². The van der Waals surface area contributed by atoms with Gasteiger partial charge < -0.3 is 15.0 Å². The molecule has 2 amide bonds. The van der Waals surface area contributed by atoms with Crippen molar-refractivity contribution in [2.24, 2.45) is 0 Å². The molecule has 1 fully saturated rings. The SMILES string of the molecule is COc1ccc(Cl)c(N2CCC(=O)NC(C)(C)C2=O)c1. The highest BCUT2D eigenvalue weighted by atomic mass is 35.5. The normalized spacial score (nSPS) is 18.5. The number of amides is 2. The molecule has 6 heteroatoms. The molecular formula is C14H17ClN2O3. The number of methoxy groups -OCH3 is 1. The first-order valence-electron chi connectivity index (χ1n) is 6.31. The van der Waals surface area contributed by atoms with Crippen LogP contribution in [0.2, 0.25) is 5.02 Å². The monoisotopic (exact) mass is 296 g/mol. The molecule has 1 saturated heterocycles. The number of halogens is 1. The minimum Gasteiger partial charge on any atom is -0.497 e. The zero-order valence-electron chi connectivity index (χ0n) is 11.7. The van der Waals surface area contributed by atoms with Crippen LogP contribution in [0.15, 0.2) is 18.2 Å². The molecular weight excluding hydrogens is 280 g/mol. The molecule has 0 radical (unpaired) electrons. The summed E-state index contributed by atoms with van der Waals surface area (Å²) in [6, 6.07) is 5.10. The van der Waals surface area contributed by atoms with E-state index < -0.39 is 5.54 Å². The highest BCUT2D eigenvalue weighted by molar-refractivity contribution is 6.34. The van der Waals surface area contributed by atoms with Gasteiger partial charge in [-0.25, -0.2) is 0 Å². The van der Waals surface area contributed by atoms with Gasteiger partial charge in [-0.3, -0.25) is 9.59 Å². The molecule has 20 heavy (non-hydrogen) atoms. The molecule has 0 bridgehead atoms. The van der Waals surface area contributed by atoms with E-state index in [0.717, 1.165) is 0 Å². The summed E-state index contributed by atoms with van der Waals surface area (Å²) in [4.78, 5) is 25.8. The average Bonchev–Trinajstić information content (AvgIpc) is 2.48. The van der Waals surface area contributed by atoms with Crippen molar-refractivity contribution in [1.82, 2.24) is 5.32 Å². The Hall–Kier alpha value is -1.75. The van der Waals surface area contributed by atoms with Crippen molar-refractivity contribution in [2.45, 2.75) is 25.8 Å². The highest BCUT2D eigenvalue weighted by Crippen LogP contribution is 2.32. The number of carbonyl (C=O) groups excluding carboxylic acids is 2. The molecule has 1 heterocycles. The number of nitrogens with one attached hydrogen (secondary N) is 1. The van der Waals surface area contributed by atoms with E-state index in [9.17, 15) is 9.59 Å². The Kier molecular flexibility index (Phi) is 3.90. The van der Waals surface area contributed by atoms with E-state index in [0.29, 0.717) is 23.0 Å². The fourth-order valence-electron chi connectivity index (χ4n) is 2.17. The Morgan fingerprint density at radius 3 is 2.70 bits per heavy atom. The van der Waals surface area contributed by atoms with Gasteiger partial charge in [0.15, 0.2) is 0 Å². The van der Waals surface area contributed by atoms with Crippen molar-refractivity contribution in [3.05, 3.63) is 23.2 Å². The van der Waals surface area contributed by atoms with E-state index in [1.54, 1.807) is 39.2 Å². The quantitative estimate of drug-likeness (QED) is 0.908. The van der Waals surface area contributed by atoms with Crippen LogP contribution < -0.4 is 15.0 Å². The number of rotatable bonds is 2.